The number of carbonyl (C=O) groups excluding carboxylic acids is 1. The van der Waals surface area contributed by atoms with Gasteiger partial charge in [0.05, 0.1) is 35.8 Å². The van der Waals surface area contributed by atoms with Crippen LogP contribution in [0.4, 0.5) is 23.0 Å². The quantitative estimate of drug-likeness (QED) is 0.239. The Labute approximate surface area is 244 Å². The van der Waals surface area contributed by atoms with Crippen molar-refractivity contribution >= 4 is 38.9 Å². The fraction of sp³-hybridized carbons (Fsp3) is 0.267. The standard InChI is InChI=1S/C30H30N6O5S/c1-3-35-28-24(30(37)33(2)26-7-5-13-31-29(26)35)18-22(19-32-28)11-16-41-27-8-4-6-25-23(27)12-17-42(39,40)36(25)20-21-9-14-34(38)15-10-21/h4-10,13-15,18-19H,3,11-12,16-17,20H2,1-2H3. The summed E-state index contributed by atoms with van der Waals surface area (Å²) >= 11 is 0. The topological polar surface area (TPSA) is 123 Å². The van der Waals surface area contributed by atoms with Crippen LogP contribution in [-0.2, 0) is 29.4 Å². The zero-order valence-corrected chi connectivity index (χ0v) is 24.1. The van der Waals surface area contributed by atoms with Crippen LogP contribution in [0.15, 0.2) is 73.3 Å². The maximum Gasteiger partial charge on any atom is 0.261 e. The Morgan fingerprint density at radius 1 is 1.02 bits per heavy atom. The van der Waals surface area contributed by atoms with E-state index in [1.807, 2.05) is 36.1 Å². The Balaban J connectivity index is 1.22. The number of carbonyl (C=O) groups is 1. The molecule has 5 heterocycles. The molecular formula is C30H30N6O5S. The third kappa shape index (κ3) is 4.98. The summed E-state index contributed by atoms with van der Waals surface area (Å²) < 4.78 is 34.3. The summed E-state index contributed by atoms with van der Waals surface area (Å²) in [6.07, 6.45) is 7.00. The Kier molecular flexibility index (Phi) is 7.15. The van der Waals surface area contributed by atoms with Gasteiger partial charge in [0.25, 0.3) is 5.91 Å². The highest BCUT2D eigenvalue weighted by Gasteiger charge is 2.32. The average molecular weight is 587 g/mol. The number of nitrogens with zero attached hydrogens (tertiary/aromatic N) is 6. The van der Waals surface area contributed by atoms with Gasteiger partial charge in [-0.1, -0.05) is 6.07 Å². The minimum Gasteiger partial charge on any atom is -0.619 e. The fourth-order valence-corrected chi connectivity index (χ4v) is 6.90. The van der Waals surface area contributed by atoms with Crippen molar-refractivity contribution in [2.75, 3.05) is 40.1 Å². The summed E-state index contributed by atoms with van der Waals surface area (Å²) in [5, 5.41) is 11.4. The van der Waals surface area contributed by atoms with Crippen molar-refractivity contribution in [1.29, 1.82) is 0 Å². The van der Waals surface area contributed by atoms with Crippen LogP contribution in [0.3, 0.4) is 0 Å². The van der Waals surface area contributed by atoms with E-state index in [1.54, 1.807) is 48.6 Å². The van der Waals surface area contributed by atoms with E-state index in [1.165, 1.54) is 16.7 Å². The minimum absolute atomic E-state index is 0.0374. The molecule has 216 valence electrons. The first-order chi connectivity index (χ1) is 20.3. The normalized spacial score (nSPS) is 15.5. The molecule has 0 atom stereocenters. The predicted molar refractivity (Wildman–Crippen MR) is 159 cm³/mol. The molecule has 1 amide bonds. The molecule has 0 bridgehead atoms. The van der Waals surface area contributed by atoms with Crippen molar-refractivity contribution in [2.45, 2.75) is 26.3 Å². The molecule has 0 radical (unpaired) electrons. The Hall–Kier alpha value is -4.71. The minimum atomic E-state index is -3.53. The first-order valence-corrected chi connectivity index (χ1v) is 15.3. The van der Waals surface area contributed by atoms with E-state index in [0.29, 0.717) is 64.9 Å². The van der Waals surface area contributed by atoms with Gasteiger partial charge in [-0.2, -0.15) is 4.73 Å². The lowest BCUT2D eigenvalue weighted by molar-refractivity contribution is -0.605. The molecule has 0 saturated carbocycles. The van der Waals surface area contributed by atoms with Gasteiger partial charge in [-0.25, -0.2) is 18.4 Å². The third-order valence-electron chi connectivity index (χ3n) is 7.58. The maximum absolute atomic E-state index is 13.4. The number of rotatable bonds is 7. The maximum atomic E-state index is 13.4. The van der Waals surface area contributed by atoms with Crippen LogP contribution in [0.5, 0.6) is 5.75 Å². The first kappa shape index (κ1) is 27.5. The highest BCUT2D eigenvalue weighted by atomic mass is 32.2. The number of fused-ring (bicyclic) bond motifs is 3. The van der Waals surface area contributed by atoms with Crippen LogP contribution >= 0.6 is 0 Å². The molecule has 4 aromatic rings. The summed E-state index contributed by atoms with van der Waals surface area (Å²) in [6.45, 7) is 3.03. The number of benzene rings is 1. The number of ether oxygens (including phenoxy) is 1. The van der Waals surface area contributed by atoms with Crippen LogP contribution in [0.25, 0.3) is 0 Å². The van der Waals surface area contributed by atoms with Crippen molar-refractivity contribution in [3.63, 3.8) is 0 Å². The molecule has 6 rings (SSSR count). The monoisotopic (exact) mass is 586 g/mol. The van der Waals surface area contributed by atoms with Crippen LogP contribution < -0.4 is 23.6 Å². The molecule has 0 saturated heterocycles. The Morgan fingerprint density at radius 2 is 1.81 bits per heavy atom. The molecule has 3 aromatic heterocycles. The van der Waals surface area contributed by atoms with Crippen LogP contribution in [0, 0.1) is 5.21 Å². The van der Waals surface area contributed by atoms with Crippen molar-refractivity contribution < 1.29 is 22.7 Å². The van der Waals surface area contributed by atoms with Gasteiger partial charge in [-0.3, -0.25) is 9.10 Å². The van der Waals surface area contributed by atoms with Crippen molar-refractivity contribution in [1.82, 2.24) is 9.97 Å². The summed E-state index contributed by atoms with van der Waals surface area (Å²) in [5.41, 5.74) is 4.17. The van der Waals surface area contributed by atoms with Crippen molar-refractivity contribution in [3.05, 3.63) is 101 Å². The lowest BCUT2D eigenvalue weighted by Gasteiger charge is -2.31. The Morgan fingerprint density at radius 3 is 2.60 bits per heavy atom. The highest BCUT2D eigenvalue weighted by Crippen LogP contribution is 2.38. The molecular weight excluding hydrogens is 556 g/mol. The number of anilines is 4. The van der Waals surface area contributed by atoms with Crippen molar-refractivity contribution in [3.8, 4) is 5.75 Å². The largest absolute Gasteiger partial charge is 0.619 e. The highest BCUT2D eigenvalue weighted by molar-refractivity contribution is 7.92. The van der Waals surface area contributed by atoms with Gasteiger partial charge in [0.1, 0.15) is 11.6 Å². The molecule has 11 nitrogen and oxygen atoms in total. The second-order valence-corrected chi connectivity index (χ2v) is 12.2. The molecule has 0 aliphatic carbocycles. The lowest BCUT2D eigenvalue weighted by atomic mass is 10.1. The number of hydrogen-bond acceptors (Lipinski definition) is 8. The summed E-state index contributed by atoms with van der Waals surface area (Å²) in [5.74, 6) is 1.68. The first-order valence-electron chi connectivity index (χ1n) is 13.7. The summed E-state index contributed by atoms with van der Waals surface area (Å²) in [4.78, 5) is 26.2. The SMILES string of the molecule is CCN1c2ncc(CCOc3cccc4c3CCS(=O)(=O)N4Cc3cc[n+]([O-])cc3)cc2C(=O)N(C)c2cccnc21. The van der Waals surface area contributed by atoms with E-state index in [2.05, 4.69) is 9.97 Å². The molecule has 0 unspecified atom stereocenters. The summed E-state index contributed by atoms with van der Waals surface area (Å²) in [7, 11) is -1.80. The van der Waals surface area contributed by atoms with Gasteiger partial charge >= 0.3 is 0 Å². The van der Waals surface area contributed by atoms with Gasteiger partial charge in [0.2, 0.25) is 10.0 Å². The number of hydrogen-bond donors (Lipinski definition) is 0. The number of sulfonamides is 1. The molecule has 2 aliphatic rings. The van der Waals surface area contributed by atoms with Crippen molar-refractivity contribution in [2.24, 2.45) is 0 Å². The van der Waals surface area contributed by atoms with E-state index in [4.69, 9.17) is 4.74 Å². The van der Waals surface area contributed by atoms with Gasteiger partial charge < -0.3 is 19.7 Å². The smallest absolute Gasteiger partial charge is 0.261 e. The van der Waals surface area contributed by atoms with E-state index in [-0.39, 0.29) is 18.2 Å². The van der Waals surface area contributed by atoms with Gasteiger partial charge in [-0.15, -0.1) is 0 Å². The van der Waals surface area contributed by atoms with Gasteiger partial charge in [0, 0.05) is 50.1 Å². The fourth-order valence-electron chi connectivity index (χ4n) is 5.40. The number of pyridine rings is 3. The lowest BCUT2D eigenvalue weighted by Crippen LogP contribution is -2.37. The van der Waals surface area contributed by atoms with E-state index in [9.17, 15) is 18.4 Å². The van der Waals surface area contributed by atoms with E-state index >= 15 is 0 Å². The zero-order valence-electron chi connectivity index (χ0n) is 23.3. The molecule has 2 aliphatic heterocycles. The summed E-state index contributed by atoms with van der Waals surface area (Å²) in [6, 6.07) is 14.2. The molecule has 12 heteroatoms. The number of aromatic nitrogens is 3. The van der Waals surface area contributed by atoms with Gasteiger partial charge in [-0.05, 0) is 54.8 Å². The predicted octanol–water partition coefficient (Wildman–Crippen LogP) is 3.37. The van der Waals surface area contributed by atoms with Crippen LogP contribution in [0.1, 0.15) is 34.0 Å². The molecule has 1 aromatic carbocycles. The second-order valence-electron chi connectivity index (χ2n) is 10.2. The Bertz CT molecular complexity index is 1760. The van der Waals surface area contributed by atoms with E-state index in [0.717, 1.165) is 16.8 Å². The molecule has 0 fully saturated rings. The second kappa shape index (κ2) is 10.9. The average Bonchev–Trinajstić information content (AvgIpc) is 3.08. The van der Waals surface area contributed by atoms with E-state index < -0.39 is 10.0 Å². The third-order valence-corrected chi connectivity index (χ3v) is 9.30. The van der Waals surface area contributed by atoms with Crippen LogP contribution in [0.2, 0.25) is 0 Å². The molecule has 42 heavy (non-hydrogen) atoms. The molecule has 0 N–H and O–H groups in total. The number of amides is 1. The molecule has 0 spiro atoms. The zero-order chi connectivity index (χ0) is 29.4. The van der Waals surface area contributed by atoms with Gasteiger partial charge in [0.15, 0.2) is 18.2 Å². The van der Waals surface area contributed by atoms with Crippen LogP contribution in [-0.4, -0.2) is 50.2 Å².